The molecule has 1 aromatic rings. The molecule has 0 amide bonds. The van der Waals surface area contributed by atoms with Crippen molar-refractivity contribution in [2.75, 3.05) is 29.5 Å². The molecule has 1 aromatic carbocycles. The van der Waals surface area contributed by atoms with Gasteiger partial charge in [0.2, 0.25) is 0 Å². The largest absolute Gasteiger partial charge is 0.369 e. The highest BCUT2D eigenvalue weighted by atomic mass is 32.2. The van der Waals surface area contributed by atoms with Gasteiger partial charge in [-0.3, -0.25) is 0 Å². The molecule has 0 spiro atoms. The van der Waals surface area contributed by atoms with Crippen LogP contribution in [-0.2, 0) is 16.4 Å². The van der Waals surface area contributed by atoms with Gasteiger partial charge in [-0.05, 0) is 17.5 Å². The van der Waals surface area contributed by atoms with Crippen molar-refractivity contribution < 1.29 is 8.42 Å². The highest BCUT2D eigenvalue weighted by molar-refractivity contribution is 7.91. The van der Waals surface area contributed by atoms with Crippen LogP contribution in [0.5, 0.6) is 0 Å². The van der Waals surface area contributed by atoms with E-state index in [9.17, 15) is 8.42 Å². The third-order valence-electron chi connectivity index (χ3n) is 4.22. The fraction of sp³-hybridized carbons (Fsp3) is 0.625. The number of nitrogens with one attached hydrogen (secondary N) is 1. The Labute approximate surface area is 128 Å². The van der Waals surface area contributed by atoms with Crippen LogP contribution in [0.25, 0.3) is 0 Å². The van der Waals surface area contributed by atoms with E-state index in [1.165, 1.54) is 11.3 Å². The highest BCUT2D eigenvalue weighted by Gasteiger charge is 2.24. The van der Waals surface area contributed by atoms with Crippen molar-refractivity contribution in [3.8, 4) is 0 Å². The summed E-state index contributed by atoms with van der Waals surface area (Å²) in [4.78, 5) is 2.23. The number of hydrogen-bond acceptors (Lipinski definition) is 4. The van der Waals surface area contributed by atoms with E-state index in [1.807, 2.05) is 12.1 Å². The zero-order chi connectivity index (χ0) is 15.5. The van der Waals surface area contributed by atoms with Crippen LogP contribution in [-0.4, -0.2) is 39.1 Å². The zero-order valence-corrected chi connectivity index (χ0v) is 14.0. The van der Waals surface area contributed by atoms with Gasteiger partial charge in [-0.15, -0.1) is 0 Å². The third kappa shape index (κ3) is 4.20. The minimum atomic E-state index is -2.93. The average Bonchev–Trinajstić information content (AvgIpc) is 2.65. The second-order valence-electron chi connectivity index (χ2n) is 6.04. The number of hydrogen-bond donors (Lipinski definition) is 1. The summed E-state index contributed by atoms with van der Waals surface area (Å²) in [5.74, 6) is 0.960. The number of fused-ring (bicyclic) bond motifs is 1. The molecule has 0 saturated carbocycles. The Bertz CT molecular complexity index is 569. The molecule has 0 fully saturated rings. The Morgan fingerprint density at radius 2 is 2.05 bits per heavy atom. The molecular weight excluding hydrogens is 284 g/mol. The molecule has 1 atom stereocenters. The smallest absolute Gasteiger partial charge is 0.151 e. The lowest BCUT2D eigenvalue weighted by Crippen LogP contribution is -2.43. The third-order valence-corrected chi connectivity index (χ3v) is 5.91. The quantitative estimate of drug-likeness (QED) is 0.904. The van der Waals surface area contributed by atoms with Gasteiger partial charge in [-0.2, -0.15) is 0 Å². The van der Waals surface area contributed by atoms with E-state index in [4.69, 9.17) is 0 Å². The van der Waals surface area contributed by atoms with Gasteiger partial charge in [0.1, 0.15) is 0 Å². The number of nitrogens with zero attached hydrogens (tertiary/aromatic N) is 1. The lowest BCUT2D eigenvalue weighted by atomic mass is 10.0. The number of sulfone groups is 1. The van der Waals surface area contributed by atoms with Crippen LogP contribution >= 0.6 is 0 Å². The van der Waals surface area contributed by atoms with Crippen LogP contribution in [0.2, 0.25) is 0 Å². The molecule has 5 heteroatoms. The molecule has 1 aliphatic rings. The number of para-hydroxylation sites is 1. The fourth-order valence-corrected chi connectivity index (χ4v) is 3.45. The zero-order valence-electron chi connectivity index (χ0n) is 13.2. The summed E-state index contributed by atoms with van der Waals surface area (Å²) in [5.41, 5.74) is 2.41. The molecule has 0 bridgehead atoms. The van der Waals surface area contributed by atoms with Gasteiger partial charge < -0.3 is 10.2 Å². The molecule has 0 aromatic heterocycles. The van der Waals surface area contributed by atoms with E-state index < -0.39 is 9.84 Å². The van der Waals surface area contributed by atoms with Crippen molar-refractivity contribution in [1.29, 1.82) is 0 Å². The molecule has 1 heterocycles. The fourth-order valence-electron chi connectivity index (χ4n) is 2.66. The monoisotopic (exact) mass is 310 g/mol. The summed E-state index contributed by atoms with van der Waals surface area (Å²) < 4.78 is 23.6. The standard InChI is InChI=1S/C16H26N2O2S/c1-4-21(19,20)10-9-18-12-15(13(2)3)17-11-14-7-5-6-8-16(14)18/h5-8,13,15,17H,4,9-12H2,1-3H3. The number of benzene rings is 1. The molecule has 4 nitrogen and oxygen atoms in total. The van der Waals surface area contributed by atoms with E-state index in [-0.39, 0.29) is 11.5 Å². The first-order valence-corrected chi connectivity index (χ1v) is 9.51. The summed E-state index contributed by atoms with van der Waals surface area (Å²) in [6.45, 7) is 8.38. The molecule has 0 saturated heterocycles. The van der Waals surface area contributed by atoms with E-state index in [0.29, 0.717) is 18.5 Å². The van der Waals surface area contributed by atoms with E-state index >= 15 is 0 Å². The summed E-state index contributed by atoms with van der Waals surface area (Å²) >= 11 is 0. The van der Waals surface area contributed by atoms with Crippen LogP contribution in [0.1, 0.15) is 26.3 Å². The summed E-state index contributed by atoms with van der Waals surface area (Å²) in [7, 11) is -2.93. The highest BCUT2D eigenvalue weighted by Crippen LogP contribution is 2.24. The van der Waals surface area contributed by atoms with Crippen molar-refractivity contribution in [1.82, 2.24) is 5.32 Å². The van der Waals surface area contributed by atoms with E-state index in [2.05, 4.69) is 36.2 Å². The Balaban J connectivity index is 2.22. The van der Waals surface area contributed by atoms with E-state index in [1.54, 1.807) is 6.92 Å². The van der Waals surface area contributed by atoms with Crippen LogP contribution in [0.3, 0.4) is 0 Å². The maximum atomic E-state index is 11.8. The molecule has 0 radical (unpaired) electrons. The molecule has 1 N–H and O–H groups in total. The van der Waals surface area contributed by atoms with Gasteiger partial charge >= 0.3 is 0 Å². The van der Waals surface area contributed by atoms with Gasteiger partial charge in [0.25, 0.3) is 0 Å². The first kappa shape index (κ1) is 16.3. The number of rotatable bonds is 5. The van der Waals surface area contributed by atoms with Gasteiger partial charge in [0, 0.05) is 37.1 Å². The van der Waals surface area contributed by atoms with Crippen LogP contribution in [0.15, 0.2) is 24.3 Å². The van der Waals surface area contributed by atoms with Crippen molar-refractivity contribution in [2.45, 2.75) is 33.4 Å². The lowest BCUT2D eigenvalue weighted by molar-refractivity contribution is 0.405. The Morgan fingerprint density at radius 3 is 2.71 bits per heavy atom. The molecule has 2 rings (SSSR count). The van der Waals surface area contributed by atoms with Crippen LogP contribution in [0.4, 0.5) is 5.69 Å². The normalized spacial score (nSPS) is 19.4. The molecule has 1 unspecified atom stereocenters. The topological polar surface area (TPSA) is 49.4 Å². The second kappa shape index (κ2) is 6.79. The summed E-state index contributed by atoms with van der Waals surface area (Å²) in [6, 6.07) is 8.65. The van der Waals surface area contributed by atoms with Crippen molar-refractivity contribution >= 4 is 15.5 Å². The molecule has 0 aliphatic carbocycles. The van der Waals surface area contributed by atoms with Gasteiger partial charge in [0.15, 0.2) is 9.84 Å². The van der Waals surface area contributed by atoms with E-state index in [0.717, 1.165) is 13.1 Å². The summed E-state index contributed by atoms with van der Waals surface area (Å²) in [5, 5.41) is 3.59. The Kier molecular flexibility index (Phi) is 5.27. The minimum absolute atomic E-state index is 0.217. The SMILES string of the molecule is CCS(=O)(=O)CCN1CC(C(C)C)NCc2ccccc21. The Hall–Kier alpha value is -1.07. The lowest BCUT2D eigenvalue weighted by Gasteiger charge is -2.29. The van der Waals surface area contributed by atoms with Crippen LogP contribution < -0.4 is 10.2 Å². The van der Waals surface area contributed by atoms with Crippen LogP contribution in [0, 0.1) is 5.92 Å². The van der Waals surface area contributed by atoms with Crippen molar-refractivity contribution in [3.05, 3.63) is 29.8 Å². The average molecular weight is 310 g/mol. The second-order valence-corrected chi connectivity index (χ2v) is 8.52. The van der Waals surface area contributed by atoms with Gasteiger partial charge in [-0.25, -0.2) is 8.42 Å². The maximum absolute atomic E-state index is 11.8. The molecule has 1 aliphatic heterocycles. The predicted molar refractivity (Wildman–Crippen MR) is 88.4 cm³/mol. The van der Waals surface area contributed by atoms with Crippen molar-refractivity contribution in [3.63, 3.8) is 0 Å². The summed E-state index contributed by atoms with van der Waals surface area (Å²) in [6.07, 6.45) is 0. The maximum Gasteiger partial charge on any atom is 0.151 e. The first-order valence-electron chi connectivity index (χ1n) is 7.69. The predicted octanol–water partition coefficient (Wildman–Crippen LogP) is 2.06. The molecule has 118 valence electrons. The van der Waals surface area contributed by atoms with Crippen molar-refractivity contribution in [2.24, 2.45) is 5.92 Å². The Morgan fingerprint density at radius 1 is 1.33 bits per heavy atom. The molecular formula is C16H26N2O2S. The number of anilines is 1. The first-order chi connectivity index (χ1) is 9.93. The minimum Gasteiger partial charge on any atom is -0.369 e. The molecule has 21 heavy (non-hydrogen) atoms. The van der Waals surface area contributed by atoms with Gasteiger partial charge in [0.05, 0.1) is 5.75 Å². The van der Waals surface area contributed by atoms with Gasteiger partial charge in [-0.1, -0.05) is 39.0 Å².